The van der Waals surface area contributed by atoms with Gasteiger partial charge in [-0.25, -0.2) is 4.39 Å². The first-order valence-corrected chi connectivity index (χ1v) is 10.7. The van der Waals surface area contributed by atoms with Gasteiger partial charge in [-0.3, -0.25) is 9.00 Å². The van der Waals surface area contributed by atoms with E-state index in [2.05, 4.69) is 0 Å². The van der Waals surface area contributed by atoms with E-state index in [-0.39, 0.29) is 24.3 Å². The van der Waals surface area contributed by atoms with Crippen molar-refractivity contribution in [3.8, 4) is 0 Å². The summed E-state index contributed by atoms with van der Waals surface area (Å²) in [5.74, 6) is -0.659. The zero-order valence-corrected chi connectivity index (χ0v) is 17.2. The molecule has 1 aliphatic rings. The average molecular weight is 398 g/mol. The smallest absolute Gasteiger partial charge is 0.310 e. The predicted molar refractivity (Wildman–Crippen MR) is 111 cm³/mol. The molecule has 3 nitrogen and oxygen atoms in total. The van der Waals surface area contributed by atoms with Gasteiger partial charge in [-0.15, -0.1) is 0 Å². The van der Waals surface area contributed by atoms with Crippen molar-refractivity contribution < 1.29 is 18.1 Å². The molecule has 0 spiro atoms. The third-order valence-corrected chi connectivity index (χ3v) is 5.60. The number of carbonyl (C=O) groups is 1. The normalized spacial score (nSPS) is 15.9. The summed E-state index contributed by atoms with van der Waals surface area (Å²) < 4.78 is 30.8. The highest BCUT2D eigenvalue weighted by Crippen LogP contribution is 2.44. The monoisotopic (exact) mass is 398 g/mol. The van der Waals surface area contributed by atoms with Gasteiger partial charge in [0.05, 0.1) is 12.5 Å². The van der Waals surface area contributed by atoms with Crippen LogP contribution in [0.15, 0.2) is 52.9 Å². The molecular formula is C23H23FO3S. The Labute approximate surface area is 167 Å². The van der Waals surface area contributed by atoms with Gasteiger partial charge in [-0.1, -0.05) is 18.2 Å². The summed E-state index contributed by atoms with van der Waals surface area (Å²) in [6.45, 7) is 5.55. The molecule has 28 heavy (non-hydrogen) atoms. The van der Waals surface area contributed by atoms with Crippen molar-refractivity contribution in [3.05, 3.63) is 70.5 Å². The molecule has 0 radical (unpaired) electrons. The maximum Gasteiger partial charge on any atom is 0.310 e. The van der Waals surface area contributed by atoms with Gasteiger partial charge in [0.2, 0.25) is 0 Å². The lowest BCUT2D eigenvalue weighted by atomic mass is 10.0. The molecule has 1 unspecified atom stereocenters. The minimum atomic E-state index is -1.03. The Morgan fingerprint density at radius 2 is 1.82 bits per heavy atom. The van der Waals surface area contributed by atoms with Gasteiger partial charge < -0.3 is 4.74 Å². The van der Waals surface area contributed by atoms with Gasteiger partial charge in [0.15, 0.2) is 0 Å². The number of halogens is 1. The number of esters is 1. The SMILES string of the molecule is CC1=C(CC(=O)OC(C)C)c2cc(F)ccc2/C1=C\c1ccc(S(C)=O)cc1. The third-order valence-electron chi connectivity index (χ3n) is 4.66. The lowest BCUT2D eigenvalue weighted by Crippen LogP contribution is -2.11. The highest BCUT2D eigenvalue weighted by molar-refractivity contribution is 7.84. The minimum absolute atomic E-state index is 0.103. The summed E-state index contributed by atoms with van der Waals surface area (Å²) in [6.07, 6.45) is 3.56. The van der Waals surface area contributed by atoms with Gasteiger partial charge in [0.25, 0.3) is 0 Å². The zero-order chi connectivity index (χ0) is 20.4. The number of hydrogen-bond donors (Lipinski definition) is 0. The maximum absolute atomic E-state index is 13.9. The van der Waals surface area contributed by atoms with E-state index in [1.807, 2.05) is 37.3 Å². The van der Waals surface area contributed by atoms with Crippen LogP contribution in [0.3, 0.4) is 0 Å². The van der Waals surface area contributed by atoms with Crippen molar-refractivity contribution in [2.45, 2.75) is 38.2 Å². The Morgan fingerprint density at radius 3 is 2.43 bits per heavy atom. The van der Waals surface area contributed by atoms with Gasteiger partial charge in [0, 0.05) is 22.0 Å². The molecule has 0 saturated carbocycles. The fourth-order valence-electron chi connectivity index (χ4n) is 3.35. The van der Waals surface area contributed by atoms with Crippen LogP contribution >= 0.6 is 0 Å². The zero-order valence-electron chi connectivity index (χ0n) is 16.4. The fourth-order valence-corrected chi connectivity index (χ4v) is 3.87. The quantitative estimate of drug-likeness (QED) is 0.648. The van der Waals surface area contributed by atoms with Crippen molar-refractivity contribution in [1.29, 1.82) is 0 Å². The molecule has 0 aliphatic heterocycles. The van der Waals surface area contributed by atoms with Crippen LogP contribution in [0.5, 0.6) is 0 Å². The molecule has 0 bridgehead atoms. The second kappa shape index (κ2) is 8.23. The number of carbonyl (C=O) groups excluding carboxylic acids is 1. The van der Waals surface area contributed by atoms with Crippen molar-refractivity contribution in [3.63, 3.8) is 0 Å². The minimum Gasteiger partial charge on any atom is -0.463 e. The van der Waals surface area contributed by atoms with Gasteiger partial charge >= 0.3 is 5.97 Å². The van der Waals surface area contributed by atoms with E-state index >= 15 is 0 Å². The second-order valence-corrected chi connectivity index (χ2v) is 8.47. The Morgan fingerprint density at radius 1 is 1.14 bits per heavy atom. The topological polar surface area (TPSA) is 43.4 Å². The molecule has 146 valence electrons. The summed E-state index contributed by atoms with van der Waals surface area (Å²) in [5, 5.41) is 0. The Bertz CT molecular complexity index is 1000. The predicted octanol–water partition coefficient (Wildman–Crippen LogP) is 5.23. The molecule has 5 heteroatoms. The first-order chi connectivity index (χ1) is 13.3. The van der Waals surface area contributed by atoms with E-state index in [4.69, 9.17) is 4.74 Å². The van der Waals surface area contributed by atoms with E-state index in [9.17, 15) is 13.4 Å². The van der Waals surface area contributed by atoms with Crippen molar-refractivity contribution in [2.24, 2.45) is 0 Å². The highest BCUT2D eigenvalue weighted by atomic mass is 32.2. The molecule has 0 aromatic heterocycles. The van der Waals surface area contributed by atoms with Crippen LogP contribution in [0.25, 0.3) is 17.2 Å². The Balaban J connectivity index is 2.03. The summed E-state index contributed by atoms with van der Waals surface area (Å²) in [4.78, 5) is 13.0. The standard InChI is InChI=1S/C23H23FO3S/c1-14(2)27-23(25)13-21-15(3)20(19-10-7-17(24)12-22(19)21)11-16-5-8-18(9-6-16)28(4)26/h5-12,14H,13H2,1-4H3/b20-11-. The molecule has 2 aromatic carbocycles. The van der Waals surface area contributed by atoms with Crippen LogP contribution in [-0.4, -0.2) is 22.5 Å². The summed E-state index contributed by atoms with van der Waals surface area (Å²) >= 11 is 0. The number of benzene rings is 2. The lowest BCUT2D eigenvalue weighted by molar-refractivity contribution is -0.146. The molecule has 0 N–H and O–H groups in total. The maximum atomic E-state index is 13.9. The average Bonchev–Trinajstić information content (AvgIpc) is 2.86. The molecule has 0 fully saturated rings. The van der Waals surface area contributed by atoms with Gasteiger partial charge in [-0.05, 0) is 84.5 Å². The first-order valence-electron chi connectivity index (χ1n) is 9.11. The van der Waals surface area contributed by atoms with E-state index in [1.54, 1.807) is 26.2 Å². The van der Waals surface area contributed by atoms with Crippen LogP contribution in [0.4, 0.5) is 4.39 Å². The van der Waals surface area contributed by atoms with Crippen LogP contribution in [-0.2, 0) is 20.3 Å². The summed E-state index contributed by atoms with van der Waals surface area (Å²) in [5.41, 5.74) is 5.25. The Kier molecular flexibility index (Phi) is 5.94. The van der Waals surface area contributed by atoms with Gasteiger partial charge in [0.1, 0.15) is 5.82 Å². The van der Waals surface area contributed by atoms with Crippen LogP contribution in [0.2, 0.25) is 0 Å². The van der Waals surface area contributed by atoms with E-state index in [0.717, 1.165) is 38.3 Å². The third kappa shape index (κ3) is 4.30. The summed E-state index contributed by atoms with van der Waals surface area (Å²) in [6, 6.07) is 12.1. The Hall–Kier alpha value is -2.53. The highest BCUT2D eigenvalue weighted by Gasteiger charge is 2.26. The number of ether oxygens (including phenoxy) is 1. The molecule has 0 amide bonds. The molecule has 0 saturated heterocycles. The van der Waals surface area contributed by atoms with Crippen molar-refractivity contribution in [1.82, 2.24) is 0 Å². The number of fused-ring (bicyclic) bond motifs is 1. The summed E-state index contributed by atoms with van der Waals surface area (Å²) in [7, 11) is -1.03. The largest absolute Gasteiger partial charge is 0.463 e. The van der Waals surface area contributed by atoms with E-state index < -0.39 is 10.8 Å². The lowest BCUT2D eigenvalue weighted by Gasteiger charge is -2.10. The molecular weight excluding hydrogens is 375 g/mol. The van der Waals surface area contributed by atoms with Crippen LogP contribution < -0.4 is 0 Å². The van der Waals surface area contributed by atoms with E-state index in [1.165, 1.54) is 12.1 Å². The van der Waals surface area contributed by atoms with Crippen LogP contribution in [0, 0.1) is 5.82 Å². The van der Waals surface area contributed by atoms with Crippen molar-refractivity contribution >= 4 is 34.0 Å². The molecule has 1 atom stereocenters. The second-order valence-electron chi connectivity index (χ2n) is 7.09. The van der Waals surface area contributed by atoms with Crippen LogP contribution in [0.1, 0.15) is 43.9 Å². The number of allylic oxidation sites excluding steroid dienone is 2. The van der Waals surface area contributed by atoms with E-state index in [0.29, 0.717) is 0 Å². The number of rotatable bonds is 5. The first kappa shape index (κ1) is 20.2. The van der Waals surface area contributed by atoms with Crippen molar-refractivity contribution in [2.75, 3.05) is 6.26 Å². The molecule has 3 rings (SSSR count). The number of hydrogen-bond acceptors (Lipinski definition) is 3. The molecule has 1 aliphatic carbocycles. The molecule has 0 heterocycles. The van der Waals surface area contributed by atoms with Gasteiger partial charge in [-0.2, -0.15) is 0 Å². The fraction of sp³-hybridized carbons (Fsp3) is 0.261. The molecule has 2 aromatic rings.